The molecular formula is C19H24N4O2. The standard InChI is InChI=1S/C19H24N4O2/c1-25-17-7-5-16(6-8-17)23-14-12-22(13-15-23)11-10-21-19(24)18-4-2-3-9-20-18/h2-9H,10-15H2,1H3,(H,21,24). The number of methoxy groups -OCH3 is 1. The average Bonchev–Trinajstić information content (AvgIpc) is 2.69. The maximum Gasteiger partial charge on any atom is 0.269 e. The molecule has 6 nitrogen and oxygen atoms in total. The summed E-state index contributed by atoms with van der Waals surface area (Å²) in [6, 6.07) is 13.5. The Morgan fingerprint density at radius 3 is 2.52 bits per heavy atom. The predicted molar refractivity (Wildman–Crippen MR) is 98.2 cm³/mol. The van der Waals surface area contributed by atoms with Crippen LogP contribution in [0.25, 0.3) is 0 Å². The fourth-order valence-corrected chi connectivity index (χ4v) is 2.94. The van der Waals surface area contributed by atoms with Crippen LogP contribution in [0.3, 0.4) is 0 Å². The van der Waals surface area contributed by atoms with Crippen molar-refractivity contribution < 1.29 is 9.53 Å². The van der Waals surface area contributed by atoms with Crippen LogP contribution >= 0.6 is 0 Å². The Balaban J connectivity index is 1.39. The first kappa shape index (κ1) is 17.2. The molecule has 25 heavy (non-hydrogen) atoms. The number of nitrogens with zero attached hydrogens (tertiary/aromatic N) is 3. The van der Waals surface area contributed by atoms with Crippen LogP contribution < -0.4 is 15.0 Å². The van der Waals surface area contributed by atoms with Gasteiger partial charge in [0.2, 0.25) is 0 Å². The van der Waals surface area contributed by atoms with Gasteiger partial charge in [0.15, 0.2) is 0 Å². The first-order valence-electron chi connectivity index (χ1n) is 8.57. The first-order valence-corrected chi connectivity index (χ1v) is 8.57. The van der Waals surface area contributed by atoms with Crippen molar-refractivity contribution in [3.8, 4) is 5.75 Å². The number of pyridine rings is 1. The molecule has 1 N–H and O–H groups in total. The highest BCUT2D eigenvalue weighted by Crippen LogP contribution is 2.20. The van der Waals surface area contributed by atoms with Gasteiger partial charge in [-0.05, 0) is 36.4 Å². The second-order valence-corrected chi connectivity index (χ2v) is 6.00. The minimum Gasteiger partial charge on any atom is -0.497 e. The van der Waals surface area contributed by atoms with Crippen molar-refractivity contribution >= 4 is 11.6 Å². The van der Waals surface area contributed by atoms with Crippen LogP contribution in [0.15, 0.2) is 48.7 Å². The molecule has 0 spiro atoms. The Hall–Kier alpha value is -2.60. The van der Waals surface area contributed by atoms with Crippen LogP contribution in [0, 0.1) is 0 Å². The van der Waals surface area contributed by atoms with Gasteiger partial charge in [0.25, 0.3) is 5.91 Å². The number of piperazine rings is 1. The number of nitrogens with one attached hydrogen (secondary N) is 1. The van der Waals surface area contributed by atoms with Crippen molar-refractivity contribution in [1.82, 2.24) is 15.2 Å². The summed E-state index contributed by atoms with van der Waals surface area (Å²) in [4.78, 5) is 20.8. The number of anilines is 1. The lowest BCUT2D eigenvalue weighted by atomic mass is 10.2. The molecule has 1 fully saturated rings. The lowest BCUT2D eigenvalue weighted by Crippen LogP contribution is -2.48. The number of rotatable bonds is 6. The molecule has 132 valence electrons. The van der Waals surface area contributed by atoms with Gasteiger partial charge in [-0.2, -0.15) is 0 Å². The molecule has 0 saturated carbocycles. The van der Waals surface area contributed by atoms with E-state index in [0.717, 1.165) is 38.5 Å². The highest BCUT2D eigenvalue weighted by Gasteiger charge is 2.17. The second kappa shape index (κ2) is 8.48. The molecule has 0 unspecified atom stereocenters. The van der Waals surface area contributed by atoms with Crippen molar-refractivity contribution in [3.05, 3.63) is 54.4 Å². The molecule has 1 aromatic heterocycles. The SMILES string of the molecule is COc1ccc(N2CCN(CCNC(=O)c3ccccn3)CC2)cc1. The second-order valence-electron chi connectivity index (χ2n) is 6.00. The number of hydrogen-bond donors (Lipinski definition) is 1. The van der Waals surface area contributed by atoms with Gasteiger partial charge in [-0.3, -0.25) is 14.7 Å². The molecule has 1 aliphatic rings. The predicted octanol–water partition coefficient (Wildman–Crippen LogP) is 1.64. The van der Waals surface area contributed by atoms with Crippen LogP contribution in [0.2, 0.25) is 0 Å². The summed E-state index contributed by atoms with van der Waals surface area (Å²) in [7, 11) is 1.68. The van der Waals surface area contributed by atoms with Crippen molar-refractivity contribution in [3.63, 3.8) is 0 Å². The van der Waals surface area contributed by atoms with E-state index >= 15 is 0 Å². The molecule has 0 atom stereocenters. The third-order valence-corrected chi connectivity index (χ3v) is 4.42. The number of benzene rings is 1. The molecule has 0 radical (unpaired) electrons. The third-order valence-electron chi connectivity index (χ3n) is 4.42. The van der Waals surface area contributed by atoms with E-state index in [1.807, 2.05) is 18.2 Å². The Bertz CT molecular complexity index is 668. The Morgan fingerprint density at radius 1 is 1.12 bits per heavy atom. The minimum atomic E-state index is -0.113. The van der Waals surface area contributed by atoms with Crippen LogP contribution in [0.1, 0.15) is 10.5 Å². The lowest BCUT2D eigenvalue weighted by Gasteiger charge is -2.36. The van der Waals surface area contributed by atoms with Gasteiger partial charge in [0, 0.05) is 51.2 Å². The fraction of sp³-hybridized carbons (Fsp3) is 0.368. The van der Waals surface area contributed by atoms with Gasteiger partial charge >= 0.3 is 0 Å². The van der Waals surface area contributed by atoms with E-state index < -0.39 is 0 Å². The molecule has 1 saturated heterocycles. The number of amides is 1. The minimum absolute atomic E-state index is 0.113. The summed E-state index contributed by atoms with van der Waals surface area (Å²) < 4.78 is 5.20. The lowest BCUT2D eigenvalue weighted by molar-refractivity contribution is 0.0943. The van der Waals surface area contributed by atoms with Crippen LogP contribution in [0.5, 0.6) is 5.75 Å². The number of ether oxygens (including phenoxy) is 1. The molecule has 2 heterocycles. The Kier molecular flexibility index (Phi) is 5.85. The molecule has 6 heteroatoms. The third kappa shape index (κ3) is 4.70. The van der Waals surface area contributed by atoms with Crippen molar-refractivity contribution in [2.75, 3.05) is 51.3 Å². The van der Waals surface area contributed by atoms with Gasteiger partial charge in [0.1, 0.15) is 11.4 Å². The normalized spacial score (nSPS) is 15.0. The number of aromatic nitrogens is 1. The Morgan fingerprint density at radius 2 is 1.88 bits per heavy atom. The molecule has 1 aromatic carbocycles. The number of carbonyl (C=O) groups is 1. The van der Waals surface area contributed by atoms with Gasteiger partial charge in [-0.15, -0.1) is 0 Å². The molecule has 2 aromatic rings. The highest BCUT2D eigenvalue weighted by molar-refractivity contribution is 5.92. The van der Waals surface area contributed by atoms with E-state index in [9.17, 15) is 4.79 Å². The van der Waals surface area contributed by atoms with E-state index in [4.69, 9.17) is 4.74 Å². The summed E-state index contributed by atoms with van der Waals surface area (Å²) in [5.41, 5.74) is 1.69. The molecule has 0 aliphatic carbocycles. The monoisotopic (exact) mass is 340 g/mol. The van der Waals surface area contributed by atoms with E-state index in [-0.39, 0.29) is 5.91 Å². The molecule has 0 bridgehead atoms. The molecule has 1 aliphatic heterocycles. The van der Waals surface area contributed by atoms with Gasteiger partial charge in [0.05, 0.1) is 7.11 Å². The number of carbonyl (C=O) groups excluding carboxylic acids is 1. The van der Waals surface area contributed by atoms with Crippen molar-refractivity contribution in [1.29, 1.82) is 0 Å². The van der Waals surface area contributed by atoms with E-state index in [2.05, 4.69) is 32.2 Å². The summed E-state index contributed by atoms with van der Waals surface area (Å²) in [6.45, 7) is 5.45. The zero-order valence-corrected chi connectivity index (χ0v) is 14.5. The largest absolute Gasteiger partial charge is 0.497 e. The molecule has 1 amide bonds. The van der Waals surface area contributed by atoms with E-state index in [1.165, 1.54) is 5.69 Å². The summed E-state index contributed by atoms with van der Waals surface area (Å²) in [6.07, 6.45) is 1.63. The van der Waals surface area contributed by atoms with Crippen LogP contribution in [-0.2, 0) is 0 Å². The maximum absolute atomic E-state index is 12.0. The summed E-state index contributed by atoms with van der Waals surface area (Å²) in [5, 5.41) is 2.93. The van der Waals surface area contributed by atoms with Crippen LogP contribution in [-0.4, -0.2) is 62.2 Å². The van der Waals surface area contributed by atoms with E-state index in [1.54, 1.807) is 25.4 Å². The first-order chi connectivity index (χ1) is 12.3. The smallest absolute Gasteiger partial charge is 0.269 e. The van der Waals surface area contributed by atoms with Gasteiger partial charge in [-0.1, -0.05) is 6.07 Å². The average molecular weight is 340 g/mol. The zero-order chi connectivity index (χ0) is 17.5. The maximum atomic E-state index is 12.0. The quantitative estimate of drug-likeness (QED) is 0.866. The van der Waals surface area contributed by atoms with E-state index in [0.29, 0.717) is 12.2 Å². The van der Waals surface area contributed by atoms with Crippen molar-refractivity contribution in [2.45, 2.75) is 0 Å². The fourth-order valence-electron chi connectivity index (χ4n) is 2.94. The van der Waals surface area contributed by atoms with Crippen molar-refractivity contribution in [2.24, 2.45) is 0 Å². The highest BCUT2D eigenvalue weighted by atomic mass is 16.5. The Labute approximate surface area is 148 Å². The molecule has 3 rings (SSSR count). The summed E-state index contributed by atoms with van der Waals surface area (Å²) >= 11 is 0. The topological polar surface area (TPSA) is 57.7 Å². The molecular weight excluding hydrogens is 316 g/mol. The zero-order valence-electron chi connectivity index (χ0n) is 14.5. The van der Waals surface area contributed by atoms with Crippen LogP contribution in [0.4, 0.5) is 5.69 Å². The van der Waals surface area contributed by atoms with Gasteiger partial charge in [-0.25, -0.2) is 0 Å². The summed E-state index contributed by atoms with van der Waals surface area (Å²) in [5.74, 6) is 0.767. The number of hydrogen-bond acceptors (Lipinski definition) is 5. The van der Waals surface area contributed by atoms with Gasteiger partial charge < -0.3 is 15.0 Å².